The van der Waals surface area contributed by atoms with Crippen molar-refractivity contribution in [3.8, 4) is 0 Å². The van der Waals surface area contributed by atoms with Crippen LogP contribution in [0.25, 0.3) is 0 Å². The molecule has 0 rings (SSSR count). The van der Waals surface area contributed by atoms with E-state index in [-0.39, 0.29) is 0 Å². The van der Waals surface area contributed by atoms with Gasteiger partial charge in [-0.05, 0) is 109 Å². The van der Waals surface area contributed by atoms with Gasteiger partial charge in [0.15, 0.2) is 0 Å². The predicted molar refractivity (Wildman–Crippen MR) is 118 cm³/mol. The van der Waals surface area contributed by atoms with E-state index in [0.29, 0.717) is 103 Å². The molecule has 0 radical (unpaired) electrons. The van der Waals surface area contributed by atoms with E-state index in [0.717, 1.165) is 0 Å². The van der Waals surface area contributed by atoms with E-state index >= 15 is 0 Å². The molecule has 0 saturated heterocycles. The second kappa shape index (κ2) is 17.4. The van der Waals surface area contributed by atoms with Crippen LogP contribution in [-0.4, -0.2) is 71.0 Å². The number of aliphatic hydroxyl groups excluding tert-OH is 4. The molecular formula is C21H48N4O4. The minimum atomic E-state index is -0.594. The van der Waals surface area contributed by atoms with Crippen molar-refractivity contribution >= 4 is 0 Å². The minimum Gasteiger partial charge on any atom is -0.393 e. The molecule has 0 aromatic carbocycles. The van der Waals surface area contributed by atoms with Crippen LogP contribution in [0, 0.1) is 5.41 Å². The van der Waals surface area contributed by atoms with Crippen molar-refractivity contribution in [2.45, 2.75) is 101 Å². The van der Waals surface area contributed by atoms with Gasteiger partial charge in [0.1, 0.15) is 0 Å². The molecule has 0 spiro atoms. The van der Waals surface area contributed by atoms with E-state index in [1.54, 1.807) is 0 Å². The van der Waals surface area contributed by atoms with Crippen LogP contribution in [0.15, 0.2) is 0 Å². The zero-order chi connectivity index (χ0) is 22.1. The molecule has 29 heavy (non-hydrogen) atoms. The summed E-state index contributed by atoms with van der Waals surface area (Å²) in [5.41, 5.74) is 21.7. The van der Waals surface area contributed by atoms with Gasteiger partial charge in [0.05, 0.1) is 24.4 Å². The Morgan fingerprint density at radius 2 is 0.655 bits per heavy atom. The van der Waals surface area contributed by atoms with Crippen LogP contribution in [0.4, 0.5) is 0 Å². The van der Waals surface area contributed by atoms with Crippen molar-refractivity contribution in [3.63, 3.8) is 0 Å². The monoisotopic (exact) mass is 420 g/mol. The molecule has 0 fully saturated rings. The molecular weight excluding hydrogens is 372 g/mol. The molecule has 0 aromatic heterocycles. The van der Waals surface area contributed by atoms with E-state index in [2.05, 4.69) is 0 Å². The van der Waals surface area contributed by atoms with Gasteiger partial charge in [-0.25, -0.2) is 0 Å². The van der Waals surface area contributed by atoms with Crippen molar-refractivity contribution in [1.82, 2.24) is 0 Å². The lowest BCUT2D eigenvalue weighted by molar-refractivity contribution is -0.0270. The number of hydrogen-bond donors (Lipinski definition) is 8. The summed E-state index contributed by atoms with van der Waals surface area (Å²) in [4.78, 5) is 0. The van der Waals surface area contributed by atoms with Crippen LogP contribution in [0.1, 0.15) is 77.0 Å². The van der Waals surface area contributed by atoms with Crippen molar-refractivity contribution < 1.29 is 20.4 Å². The minimum absolute atomic E-state index is 0.409. The third-order valence-corrected chi connectivity index (χ3v) is 5.64. The molecule has 0 bridgehead atoms. The van der Waals surface area contributed by atoms with E-state index < -0.39 is 29.8 Å². The molecule has 0 aliphatic carbocycles. The molecule has 8 nitrogen and oxygen atoms in total. The Balaban J connectivity index is 5.47. The Labute approximate surface area is 177 Å². The Morgan fingerprint density at radius 3 is 0.828 bits per heavy atom. The molecule has 0 saturated carbocycles. The Hall–Kier alpha value is -0.320. The molecule has 0 aliphatic rings. The Kier molecular flexibility index (Phi) is 17.2. The predicted octanol–water partition coefficient (Wildman–Crippen LogP) is -0.0676. The highest BCUT2D eigenvalue weighted by Crippen LogP contribution is 2.42. The molecule has 0 amide bonds. The van der Waals surface area contributed by atoms with Crippen LogP contribution in [0.2, 0.25) is 0 Å². The zero-order valence-electron chi connectivity index (χ0n) is 18.2. The molecule has 8 heteroatoms. The summed E-state index contributed by atoms with van der Waals surface area (Å²) in [6.45, 7) is 2.01. The summed E-state index contributed by atoms with van der Waals surface area (Å²) >= 11 is 0. The number of aliphatic hydroxyl groups is 4. The van der Waals surface area contributed by atoms with E-state index in [1.807, 2.05) is 0 Å². The van der Waals surface area contributed by atoms with Crippen LogP contribution in [0.3, 0.4) is 0 Å². The fraction of sp³-hybridized carbons (Fsp3) is 1.00. The maximum Gasteiger partial charge on any atom is 0.0546 e. The Bertz CT molecular complexity index is 307. The standard InChI is InChI=1S/C21H48N4O4/c22-9-1-5-17(26)13-21(14-18(27)6-2-10-23,15-19(28)7-3-11-24)16-20(29)8-4-12-25/h17-20,26-29H,1-16,22-25H2. The first-order valence-corrected chi connectivity index (χ1v) is 11.3. The van der Waals surface area contributed by atoms with E-state index in [9.17, 15) is 20.4 Å². The summed E-state index contributed by atoms with van der Waals surface area (Å²) in [6.07, 6.45) is 4.34. The van der Waals surface area contributed by atoms with Crippen molar-refractivity contribution in [2.75, 3.05) is 26.2 Å². The summed E-state index contributed by atoms with van der Waals surface area (Å²) in [5.74, 6) is 0. The summed E-state index contributed by atoms with van der Waals surface area (Å²) in [5, 5.41) is 42.5. The molecule has 4 unspecified atom stereocenters. The van der Waals surface area contributed by atoms with Gasteiger partial charge in [0.2, 0.25) is 0 Å². The van der Waals surface area contributed by atoms with Gasteiger partial charge in [-0.1, -0.05) is 0 Å². The highest BCUT2D eigenvalue weighted by molar-refractivity contribution is 4.89. The zero-order valence-corrected chi connectivity index (χ0v) is 18.2. The third kappa shape index (κ3) is 14.3. The fourth-order valence-electron chi connectivity index (χ4n) is 4.32. The molecule has 0 aromatic rings. The Morgan fingerprint density at radius 1 is 0.448 bits per heavy atom. The first-order chi connectivity index (χ1) is 13.8. The molecule has 12 N–H and O–H groups in total. The smallest absolute Gasteiger partial charge is 0.0546 e. The topological polar surface area (TPSA) is 185 Å². The average molecular weight is 421 g/mol. The highest BCUT2D eigenvalue weighted by atomic mass is 16.3. The molecule has 176 valence electrons. The lowest BCUT2D eigenvalue weighted by Crippen LogP contribution is -2.38. The van der Waals surface area contributed by atoms with Crippen molar-refractivity contribution in [3.05, 3.63) is 0 Å². The van der Waals surface area contributed by atoms with Gasteiger partial charge in [-0.3, -0.25) is 0 Å². The first kappa shape index (κ1) is 28.7. The average Bonchev–Trinajstić information content (AvgIpc) is 2.67. The second-order valence-corrected chi connectivity index (χ2v) is 8.66. The van der Waals surface area contributed by atoms with Crippen LogP contribution in [0.5, 0.6) is 0 Å². The summed E-state index contributed by atoms with van der Waals surface area (Å²) < 4.78 is 0. The highest BCUT2D eigenvalue weighted by Gasteiger charge is 2.38. The van der Waals surface area contributed by atoms with Gasteiger partial charge < -0.3 is 43.4 Å². The second-order valence-electron chi connectivity index (χ2n) is 8.66. The maximum atomic E-state index is 10.6. The summed E-state index contributed by atoms with van der Waals surface area (Å²) in [7, 11) is 0. The maximum absolute atomic E-state index is 10.6. The summed E-state index contributed by atoms with van der Waals surface area (Å²) in [6, 6.07) is 0. The SMILES string of the molecule is NCCCC(O)CC(CC(O)CCCN)(CC(O)CCCN)CC(O)CCCN. The molecule has 4 atom stereocenters. The van der Waals surface area contributed by atoms with Gasteiger partial charge in [0.25, 0.3) is 0 Å². The van der Waals surface area contributed by atoms with Crippen molar-refractivity contribution in [1.29, 1.82) is 0 Å². The van der Waals surface area contributed by atoms with E-state index in [1.165, 1.54) is 0 Å². The quantitative estimate of drug-likeness (QED) is 0.134. The lowest BCUT2D eigenvalue weighted by atomic mass is 9.68. The lowest BCUT2D eigenvalue weighted by Gasteiger charge is -2.40. The van der Waals surface area contributed by atoms with Gasteiger partial charge >= 0.3 is 0 Å². The van der Waals surface area contributed by atoms with Gasteiger partial charge in [-0.2, -0.15) is 0 Å². The number of nitrogens with two attached hydrogens (primary N) is 4. The number of hydrogen-bond acceptors (Lipinski definition) is 8. The van der Waals surface area contributed by atoms with E-state index in [4.69, 9.17) is 22.9 Å². The van der Waals surface area contributed by atoms with Crippen LogP contribution < -0.4 is 22.9 Å². The number of rotatable bonds is 20. The van der Waals surface area contributed by atoms with Gasteiger partial charge in [0, 0.05) is 0 Å². The third-order valence-electron chi connectivity index (χ3n) is 5.64. The normalized spacial score (nSPS) is 18.2. The largest absolute Gasteiger partial charge is 0.393 e. The first-order valence-electron chi connectivity index (χ1n) is 11.3. The van der Waals surface area contributed by atoms with Crippen molar-refractivity contribution in [2.24, 2.45) is 28.3 Å². The van der Waals surface area contributed by atoms with Crippen LogP contribution >= 0.6 is 0 Å². The van der Waals surface area contributed by atoms with Gasteiger partial charge in [-0.15, -0.1) is 0 Å². The molecule has 0 aliphatic heterocycles. The van der Waals surface area contributed by atoms with Crippen LogP contribution in [-0.2, 0) is 0 Å². The molecule has 0 heterocycles. The fourth-order valence-corrected chi connectivity index (χ4v) is 4.32.